The first kappa shape index (κ1) is 11.1. The minimum atomic E-state index is 0.220. The van der Waals surface area contributed by atoms with Crippen LogP contribution in [0.5, 0.6) is 0 Å². The first-order chi connectivity index (χ1) is 7.86. The summed E-state index contributed by atoms with van der Waals surface area (Å²) in [6, 6.07) is 20.3. The van der Waals surface area contributed by atoms with Crippen LogP contribution in [0.25, 0.3) is 0 Å². The molecular formula is C14H11OSe. The average molecular weight is 274 g/mol. The van der Waals surface area contributed by atoms with Crippen LogP contribution in [0.1, 0.15) is 10.4 Å². The monoisotopic (exact) mass is 275 g/mol. The maximum atomic E-state index is 11.8. The molecule has 1 nitrogen and oxygen atoms in total. The molecule has 0 saturated carbocycles. The summed E-state index contributed by atoms with van der Waals surface area (Å²) in [5.74, 6) is 0.220. The van der Waals surface area contributed by atoms with Gasteiger partial charge in [-0.3, -0.25) is 0 Å². The van der Waals surface area contributed by atoms with Gasteiger partial charge in [0, 0.05) is 0 Å². The molecule has 2 heteroatoms. The number of hydrogen-bond acceptors (Lipinski definition) is 1. The van der Waals surface area contributed by atoms with Crippen molar-refractivity contribution in [2.75, 3.05) is 0 Å². The van der Waals surface area contributed by atoms with Gasteiger partial charge in [0.05, 0.1) is 0 Å². The van der Waals surface area contributed by atoms with Crippen molar-refractivity contribution in [3.05, 3.63) is 66.2 Å². The van der Waals surface area contributed by atoms with Crippen LogP contribution >= 0.6 is 0 Å². The van der Waals surface area contributed by atoms with Crippen molar-refractivity contribution in [3.8, 4) is 0 Å². The second-order valence-electron chi connectivity index (χ2n) is 3.31. The van der Waals surface area contributed by atoms with Gasteiger partial charge in [-0.1, -0.05) is 0 Å². The fraction of sp³-hybridized carbons (Fsp3) is 0.0714. The number of carbonyl (C=O) groups is 1. The molecule has 0 aliphatic rings. The van der Waals surface area contributed by atoms with E-state index in [1.54, 1.807) is 12.1 Å². The van der Waals surface area contributed by atoms with E-state index in [1.165, 1.54) is 4.46 Å². The molecule has 0 unspecified atom stereocenters. The number of ketones is 1. The zero-order valence-corrected chi connectivity index (χ0v) is 10.4. The third-order valence-corrected chi connectivity index (χ3v) is 4.28. The Kier molecular flexibility index (Phi) is 3.92. The Labute approximate surface area is 102 Å². The van der Waals surface area contributed by atoms with Gasteiger partial charge in [-0.25, -0.2) is 0 Å². The van der Waals surface area contributed by atoms with Crippen LogP contribution in [0, 0.1) is 6.07 Å². The Bertz CT molecular complexity index is 451. The minimum absolute atomic E-state index is 0.220. The number of carbonyl (C=O) groups excluding carboxylic acids is 1. The molecule has 0 heterocycles. The summed E-state index contributed by atoms with van der Waals surface area (Å²) in [7, 11) is 0. The molecule has 2 aromatic rings. The molecule has 0 bridgehead atoms. The van der Waals surface area contributed by atoms with Gasteiger partial charge in [0.15, 0.2) is 0 Å². The van der Waals surface area contributed by atoms with E-state index in [0.29, 0.717) is 5.32 Å². The first-order valence-corrected chi connectivity index (χ1v) is 7.10. The summed E-state index contributed by atoms with van der Waals surface area (Å²) < 4.78 is 1.27. The predicted molar refractivity (Wildman–Crippen MR) is 66.2 cm³/mol. The van der Waals surface area contributed by atoms with Crippen LogP contribution in [0.3, 0.4) is 0 Å². The summed E-state index contributed by atoms with van der Waals surface area (Å²) in [6.45, 7) is 0. The molecule has 0 fully saturated rings. The number of rotatable bonds is 4. The maximum absolute atomic E-state index is 11.8. The normalized spacial score (nSPS) is 10.0. The fourth-order valence-corrected chi connectivity index (χ4v) is 3.03. The second kappa shape index (κ2) is 5.64. The van der Waals surface area contributed by atoms with Crippen LogP contribution in [0.4, 0.5) is 0 Å². The van der Waals surface area contributed by atoms with Gasteiger partial charge in [-0.15, -0.1) is 0 Å². The second-order valence-corrected chi connectivity index (χ2v) is 5.51. The molecule has 0 aromatic heterocycles. The molecule has 79 valence electrons. The quantitative estimate of drug-likeness (QED) is 0.616. The summed E-state index contributed by atoms with van der Waals surface area (Å²) >= 11 is 0.234. The summed E-state index contributed by atoms with van der Waals surface area (Å²) in [6.07, 6.45) is 0. The molecule has 0 saturated heterocycles. The van der Waals surface area contributed by atoms with Crippen molar-refractivity contribution in [2.45, 2.75) is 5.32 Å². The fourth-order valence-electron chi connectivity index (χ4n) is 1.32. The predicted octanol–water partition coefficient (Wildman–Crippen LogP) is 2.12. The zero-order chi connectivity index (χ0) is 11.2. The molecule has 2 rings (SSSR count). The van der Waals surface area contributed by atoms with E-state index in [4.69, 9.17) is 0 Å². The van der Waals surface area contributed by atoms with E-state index in [1.807, 2.05) is 30.3 Å². The van der Waals surface area contributed by atoms with Crippen molar-refractivity contribution >= 4 is 25.2 Å². The van der Waals surface area contributed by atoms with E-state index < -0.39 is 0 Å². The number of hydrogen-bond donors (Lipinski definition) is 0. The Morgan fingerprint density at radius 3 is 2.44 bits per heavy atom. The van der Waals surface area contributed by atoms with Gasteiger partial charge in [-0.2, -0.15) is 0 Å². The van der Waals surface area contributed by atoms with E-state index in [9.17, 15) is 4.79 Å². The molecule has 0 spiro atoms. The van der Waals surface area contributed by atoms with Gasteiger partial charge in [0.1, 0.15) is 0 Å². The van der Waals surface area contributed by atoms with E-state index >= 15 is 0 Å². The van der Waals surface area contributed by atoms with Crippen LogP contribution in [-0.4, -0.2) is 20.7 Å². The molecule has 0 amide bonds. The third kappa shape index (κ3) is 3.06. The Morgan fingerprint density at radius 1 is 1.06 bits per heavy atom. The molecule has 0 atom stereocenters. The third-order valence-electron chi connectivity index (χ3n) is 2.15. The Morgan fingerprint density at radius 2 is 1.75 bits per heavy atom. The molecule has 2 aromatic carbocycles. The Balaban J connectivity index is 1.95. The molecule has 0 aliphatic heterocycles. The summed E-state index contributed by atoms with van der Waals surface area (Å²) in [5, 5.41) is 0.626. The zero-order valence-electron chi connectivity index (χ0n) is 8.72. The number of Topliss-reactive ketones (excluding diaryl/α,β-unsaturated/α-hetero) is 1. The van der Waals surface area contributed by atoms with E-state index in [-0.39, 0.29) is 20.7 Å². The Hall–Kier alpha value is -1.37. The first-order valence-electron chi connectivity index (χ1n) is 5.03. The standard InChI is InChI=1S/C14H11OSe/c15-14(12-7-3-1-4-8-12)11-16-13-9-5-2-6-10-13/h2-10H,11H2. The van der Waals surface area contributed by atoms with E-state index in [2.05, 4.69) is 18.2 Å². The summed E-state index contributed by atoms with van der Waals surface area (Å²) in [4.78, 5) is 11.8. The van der Waals surface area contributed by atoms with Crippen LogP contribution in [0.2, 0.25) is 5.32 Å². The van der Waals surface area contributed by atoms with Crippen molar-refractivity contribution in [1.82, 2.24) is 0 Å². The molecule has 0 aliphatic carbocycles. The topological polar surface area (TPSA) is 17.1 Å². The van der Waals surface area contributed by atoms with Crippen molar-refractivity contribution in [1.29, 1.82) is 0 Å². The van der Waals surface area contributed by atoms with Gasteiger partial charge in [-0.05, 0) is 0 Å². The number of benzene rings is 2. The SMILES string of the molecule is O=C(C[Se]c1ccccc1)c1cc[c]cc1. The van der Waals surface area contributed by atoms with E-state index in [0.717, 1.165) is 5.56 Å². The molecule has 1 radical (unpaired) electrons. The molecule has 16 heavy (non-hydrogen) atoms. The van der Waals surface area contributed by atoms with Gasteiger partial charge in [0.25, 0.3) is 0 Å². The van der Waals surface area contributed by atoms with Crippen molar-refractivity contribution < 1.29 is 4.79 Å². The molecule has 0 N–H and O–H groups in total. The van der Waals surface area contributed by atoms with Crippen LogP contribution in [0.15, 0.2) is 54.6 Å². The van der Waals surface area contributed by atoms with Gasteiger partial charge < -0.3 is 0 Å². The average Bonchev–Trinajstić information content (AvgIpc) is 2.38. The van der Waals surface area contributed by atoms with Crippen molar-refractivity contribution in [3.63, 3.8) is 0 Å². The van der Waals surface area contributed by atoms with Crippen LogP contribution in [-0.2, 0) is 0 Å². The molecular weight excluding hydrogens is 263 g/mol. The van der Waals surface area contributed by atoms with Crippen LogP contribution < -0.4 is 4.46 Å². The van der Waals surface area contributed by atoms with Gasteiger partial charge >= 0.3 is 102 Å². The van der Waals surface area contributed by atoms with Crippen molar-refractivity contribution in [2.24, 2.45) is 0 Å². The van der Waals surface area contributed by atoms with Gasteiger partial charge in [0.2, 0.25) is 0 Å². The summed E-state index contributed by atoms with van der Waals surface area (Å²) in [5.41, 5.74) is 0.788.